The molecule has 0 bridgehead atoms. The quantitative estimate of drug-likeness (QED) is 0.616. The van der Waals surface area contributed by atoms with Crippen LogP contribution in [0.15, 0.2) is 30.8 Å². The summed E-state index contributed by atoms with van der Waals surface area (Å²) in [4.78, 5) is 0. The van der Waals surface area contributed by atoms with Gasteiger partial charge in [0.25, 0.3) is 0 Å². The van der Waals surface area contributed by atoms with Crippen LogP contribution in [-0.4, -0.2) is 0 Å². The second-order valence-corrected chi connectivity index (χ2v) is 2.42. The molecule has 0 heterocycles. The summed E-state index contributed by atoms with van der Waals surface area (Å²) < 4.78 is 0. The third kappa shape index (κ3) is 1.64. The highest BCUT2D eigenvalue weighted by molar-refractivity contribution is 7.79. The first-order valence-electron chi connectivity index (χ1n) is 3.19. The summed E-state index contributed by atoms with van der Waals surface area (Å²) in [6.45, 7) is 3.68. The maximum Gasteiger partial charge on any atom is 0.0154 e. The molecule has 10 heavy (non-hydrogen) atoms. The van der Waals surface area contributed by atoms with E-state index in [9.17, 15) is 0 Å². The minimum absolute atomic E-state index is 0.793. The first-order valence-corrected chi connectivity index (χ1v) is 3.82. The summed E-state index contributed by atoms with van der Waals surface area (Å²) in [6, 6.07) is 8.18. The summed E-state index contributed by atoms with van der Waals surface area (Å²) in [5.41, 5.74) is 2.40. The minimum Gasteiger partial charge on any atom is -0.175 e. The maximum absolute atomic E-state index is 4.16. The fraction of sp³-hybridized carbons (Fsp3) is 0.111. The number of hydrogen-bond donors (Lipinski definition) is 1. The topological polar surface area (TPSA) is 0 Å². The van der Waals surface area contributed by atoms with Crippen LogP contribution in [0, 0.1) is 0 Å². The minimum atomic E-state index is 0.793. The smallest absolute Gasteiger partial charge is 0.0154 e. The van der Waals surface area contributed by atoms with Crippen LogP contribution in [0.3, 0.4) is 0 Å². The van der Waals surface area contributed by atoms with Crippen LogP contribution in [0.2, 0.25) is 0 Å². The first-order chi connectivity index (χ1) is 4.86. The van der Waals surface area contributed by atoms with Gasteiger partial charge in [-0.2, -0.15) is 12.6 Å². The Morgan fingerprint density at radius 2 is 2.30 bits per heavy atom. The SMILES string of the molecule is C=Cc1cccc(CS)c1. The van der Waals surface area contributed by atoms with Crippen molar-refractivity contribution >= 4 is 18.7 Å². The molecular weight excluding hydrogens is 140 g/mol. The highest BCUT2D eigenvalue weighted by Gasteiger charge is 1.88. The molecule has 0 nitrogen and oxygen atoms in total. The lowest BCUT2D eigenvalue weighted by atomic mass is 10.1. The lowest BCUT2D eigenvalue weighted by Crippen LogP contribution is -1.77. The molecule has 0 fully saturated rings. The van der Waals surface area contributed by atoms with Crippen molar-refractivity contribution < 1.29 is 0 Å². The molecule has 0 amide bonds. The molecular formula is C9H10S. The van der Waals surface area contributed by atoms with Gasteiger partial charge in [-0.3, -0.25) is 0 Å². The summed E-state index contributed by atoms with van der Waals surface area (Å²) in [6.07, 6.45) is 1.84. The van der Waals surface area contributed by atoms with E-state index in [1.165, 1.54) is 5.56 Å². The van der Waals surface area contributed by atoms with Crippen LogP contribution in [0.1, 0.15) is 11.1 Å². The van der Waals surface area contributed by atoms with Gasteiger partial charge in [-0.15, -0.1) is 0 Å². The van der Waals surface area contributed by atoms with Crippen LogP contribution < -0.4 is 0 Å². The van der Waals surface area contributed by atoms with E-state index in [1.807, 2.05) is 18.2 Å². The molecule has 1 heteroatoms. The van der Waals surface area contributed by atoms with Crippen LogP contribution in [0.25, 0.3) is 6.08 Å². The van der Waals surface area contributed by atoms with Crippen molar-refractivity contribution in [1.82, 2.24) is 0 Å². The third-order valence-corrected chi connectivity index (χ3v) is 1.73. The van der Waals surface area contributed by atoms with Crippen molar-refractivity contribution in [3.05, 3.63) is 42.0 Å². The average Bonchev–Trinajstić information content (AvgIpc) is 2.05. The van der Waals surface area contributed by atoms with E-state index in [1.54, 1.807) is 0 Å². The van der Waals surface area contributed by atoms with Crippen LogP contribution in [-0.2, 0) is 5.75 Å². The summed E-state index contributed by atoms with van der Waals surface area (Å²) in [5, 5.41) is 0. The highest BCUT2D eigenvalue weighted by atomic mass is 32.1. The van der Waals surface area contributed by atoms with Gasteiger partial charge in [0.05, 0.1) is 0 Å². The second kappa shape index (κ2) is 3.47. The van der Waals surface area contributed by atoms with Crippen molar-refractivity contribution in [2.45, 2.75) is 5.75 Å². The molecule has 0 aliphatic rings. The van der Waals surface area contributed by atoms with Gasteiger partial charge < -0.3 is 0 Å². The molecule has 0 unspecified atom stereocenters. The molecule has 0 atom stereocenters. The Morgan fingerprint density at radius 3 is 2.90 bits per heavy atom. The molecule has 0 N–H and O–H groups in total. The number of hydrogen-bond acceptors (Lipinski definition) is 1. The van der Waals surface area contributed by atoms with Gasteiger partial charge in [0, 0.05) is 5.75 Å². The fourth-order valence-corrected chi connectivity index (χ4v) is 1.02. The Kier molecular flexibility index (Phi) is 2.57. The zero-order valence-corrected chi connectivity index (χ0v) is 6.64. The summed E-state index contributed by atoms with van der Waals surface area (Å²) in [5.74, 6) is 0.793. The Labute approximate surface area is 67.0 Å². The summed E-state index contributed by atoms with van der Waals surface area (Å²) >= 11 is 4.16. The lowest BCUT2D eigenvalue weighted by Gasteiger charge is -1.95. The van der Waals surface area contributed by atoms with Crippen molar-refractivity contribution in [2.75, 3.05) is 0 Å². The molecule has 0 spiro atoms. The van der Waals surface area contributed by atoms with Gasteiger partial charge in [-0.1, -0.05) is 36.9 Å². The standard InChI is InChI=1S/C9H10S/c1-2-8-4-3-5-9(6-8)7-10/h2-6,10H,1,7H2. The summed E-state index contributed by atoms with van der Waals surface area (Å²) in [7, 11) is 0. The average molecular weight is 150 g/mol. The maximum atomic E-state index is 4.16. The van der Waals surface area contributed by atoms with Crippen molar-refractivity contribution in [2.24, 2.45) is 0 Å². The predicted molar refractivity (Wildman–Crippen MR) is 49.2 cm³/mol. The second-order valence-electron chi connectivity index (χ2n) is 2.11. The van der Waals surface area contributed by atoms with E-state index >= 15 is 0 Å². The molecule has 0 saturated heterocycles. The van der Waals surface area contributed by atoms with Gasteiger partial charge in [0.1, 0.15) is 0 Å². The van der Waals surface area contributed by atoms with Crippen molar-refractivity contribution in [3.8, 4) is 0 Å². The molecule has 0 radical (unpaired) electrons. The number of rotatable bonds is 2. The Hall–Kier alpha value is -0.690. The van der Waals surface area contributed by atoms with Gasteiger partial charge in [0.15, 0.2) is 0 Å². The molecule has 1 aromatic carbocycles. The van der Waals surface area contributed by atoms with E-state index in [0.29, 0.717) is 0 Å². The normalized spacial score (nSPS) is 9.30. The third-order valence-electron chi connectivity index (χ3n) is 1.37. The molecule has 1 aromatic rings. The van der Waals surface area contributed by atoms with E-state index in [0.717, 1.165) is 11.3 Å². The van der Waals surface area contributed by atoms with Gasteiger partial charge >= 0.3 is 0 Å². The van der Waals surface area contributed by atoms with Gasteiger partial charge in [-0.25, -0.2) is 0 Å². The van der Waals surface area contributed by atoms with Crippen molar-refractivity contribution in [3.63, 3.8) is 0 Å². The highest BCUT2D eigenvalue weighted by Crippen LogP contribution is 2.07. The Morgan fingerprint density at radius 1 is 1.50 bits per heavy atom. The number of thiol groups is 1. The lowest BCUT2D eigenvalue weighted by molar-refractivity contribution is 1.42. The zero-order valence-electron chi connectivity index (χ0n) is 5.75. The zero-order chi connectivity index (χ0) is 7.40. The van der Waals surface area contributed by atoms with Crippen LogP contribution >= 0.6 is 12.6 Å². The van der Waals surface area contributed by atoms with E-state index in [4.69, 9.17) is 0 Å². The predicted octanol–water partition coefficient (Wildman–Crippen LogP) is 2.76. The molecule has 1 rings (SSSR count). The van der Waals surface area contributed by atoms with Crippen molar-refractivity contribution in [1.29, 1.82) is 0 Å². The van der Waals surface area contributed by atoms with Gasteiger partial charge in [-0.05, 0) is 11.1 Å². The van der Waals surface area contributed by atoms with E-state index < -0.39 is 0 Å². The fourth-order valence-electron chi connectivity index (χ4n) is 0.818. The molecule has 0 aliphatic carbocycles. The van der Waals surface area contributed by atoms with Crippen LogP contribution in [0.4, 0.5) is 0 Å². The molecule has 0 saturated carbocycles. The largest absolute Gasteiger partial charge is 0.175 e. The van der Waals surface area contributed by atoms with E-state index in [2.05, 4.69) is 31.3 Å². The molecule has 0 aliphatic heterocycles. The monoisotopic (exact) mass is 150 g/mol. The van der Waals surface area contributed by atoms with Gasteiger partial charge in [0.2, 0.25) is 0 Å². The first kappa shape index (κ1) is 7.42. The Balaban J connectivity index is 2.98. The van der Waals surface area contributed by atoms with E-state index in [-0.39, 0.29) is 0 Å². The Bertz CT molecular complexity index is 228. The molecule has 52 valence electrons. The molecule has 0 aromatic heterocycles. The number of benzene rings is 1. The van der Waals surface area contributed by atoms with Crippen LogP contribution in [0.5, 0.6) is 0 Å².